The van der Waals surface area contributed by atoms with Crippen LogP contribution in [0, 0.1) is 5.92 Å². The molecule has 0 unspecified atom stereocenters. The summed E-state index contributed by atoms with van der Waals surface area (Å²) in [5, 5.41) is 0. The number of hydrogen-bond acceptors (Lipinski definition) is 3. The van der Waals surface area contributed by atoms with Gasteiger partial charge in [0.15, 0.2) is 0 Å². The lowest BCUT2D eigenvalue weighted by Gasteiger charge is -2.40. The minimum absolute atomic E-state index is 0.610. The third kappa shape index (κ3) is 5.29. The van der Waals surface area contributed by atoms with Gasteiger partial charge in [-0.3, -0.25) is 9.80 Å². The van der Waals surface area contributed by atoms with Crippen LogP contribution in [0.3, 0.4) is 0 Å². The molecule has 0 N–H and O–H groups in total. The van der Waals surface area contributed by atoms with Crippen molar-refractivity contribution in [1.82, 2.24) is 9.80 Å². The fraction of sp³-hybridized carbons (Fsp3) is 0.727. The van der Waals surface area contributed by atoms with Crippen molar-refractivity contribution in [1.29, 1.82) is 0 Å². The molecule has 1 aromatic rings. The van der Waals surface area contributed by atoms with Crippen LogP contribution in [0.1, 0.15) is 56.6 Å². The smallest absolute Gasteiger partial charge is 0.0589 e. The van der Waals surface area contributed by atoms with Crippen LogP contribution < -0.4 is 0 Å². The normalized spacial score (nSPS) is 24.2. The first kappa shape index (κ1) is 18.9. The fourth-order valence-corrected chi connectivity index (χ4v) is 4.35. The van der Waals surface area contributed by atoms with Gasteiger partial charge in [0.25, 0.3) is 0 Å². The van der Waals surface area contributed by atoms with Gasteiger partial charge in [0.05, 0.1) is 6.61 Å². The van der Waals surface area contributed by atoms with Gasteiger partial charge in [-0.25, -0.2) is 0 Å². The molecule has 1 aliphatic heterocycles. The van der Waals surface area contributed by atoms with Crippen molar-refractivity contribution in [3.63, 3.8) is 0 Å². The summed E-state index contributed by atoms with van der Waals surface area (Å²) in [7, 11) is 1.80. The molecule has 1 heterocycles. The highest BCUT2D eigenvalue weighted by molar-refractivity contribution is 5.27. The molecule has 140 valence electrons. The quantitative estimate of drug-likeness (QED) is 0.670. The van der Waals surface area contributed by atoms with E-state index in [9.17, 15) is 0 Å². The molecule has 2 aliphatic rings. The van der Waals surface area contributed by atoms with Crippen LogP contribution in [0.15, 0.2) is 24.3 Å². The van der Waals surface area contributed by atoms with E-state index in [1.54, 1.807) is 12.7 Å². The molecule has 1 saturated heterocycles. The molecule has 3 rings (SSSR count). The summed E-state index contributed by atoms with van der Waals surface area (Å²) < 4.78 is 5.26. The van der Waals surface area contributed by atoms with Crippen LogP contribution in [0.2, 0.25) is 0 Å². The van der Waals surface area contributed by atoms with Crippen molar-refractivity contribution in [2.24, 2.45) is 5.92 Å². The molecule has 25 heavy (non-hydrogen) atoms. The van der Waals surface area contributed by atoms with Gasteiger partial charge >= 0.3 is 0 Å². The zero-order chi connectivity index (χ0) is 17.6. The lowest BCUT2D eigenvalue weighted by molar-refractivity contribution is 0.0933. The summed E-state index contributed by atoms with van der Waals surface area (Å²) in [6.45, 7) is 11.4. The van der Waals surface area contributed by atoms with E-state index in [-0.39, 0.29) is 0 Å². The van der Waals surface area contributed by atoms with Crippen LogP contribution >= 0.6 is 0 Å². The zero-order valence-corrected chi connectivity index (χ0v) is 16.4. The monoisotopic (exact) mass is 344 g/mol. The highest BCUT2D eigenvalue weighted by Gasteiger charge is 2.31. The van der Waals surface area contributed by atoms with Crippen LogP contribution in [0.4, 0.5) is 0 Å². The Kier molecular flexibility index (Phi) is 6.92. The maximum atomic E-state index is 5.26. The number of likely N-dealkylation sites (tertiary alicyclic amines) is 1. The Balaban J connectivity index is 1.43. The minimum Gasteiger partial charge on any atom is -0.383 e. The first-order valence-corrected chi connectivity index (χ1v) is 10.2. The van der Waals surface area contributed by atoms with Crippen molar-refractivity contribution in [3.05, 3.63) is 35.4 Å². The lowest BCUT2D eigenvalue weighted by atomic mass is 9.71. The van der Waals surface area contributed by atoms with Gasteiger partial charge in [-0.1, -0.05) is 24.3 Å². The Bertz CT molecular complexity index is 501. The Hall–Kier alpha value is -0.900. The molecule has 2 fully saturated rings. The Morgan fingerprint density at radius 1 is 1.12 bits per heavy atom. The van der Waals surface area contributed by atoms with Crippen molar-refractivity contribution in [2.45, 2.75) is 58.0 Å². The Labute approximate surface area is 154 Å². The van der Waals surface area contributed by atoms with Gasteiger partial charge in [-0.05, 0) is 75.6 Å². The zero-order valence-electron chi connectivity index (χ0n) is 16.4. The number of nitrogens with zero attached hydrogens (tertiary/aromatic N) is 2. The topological polar surface area (TPSA) is 15.7 Å². The van der Waals surface area contributed by atoms with Crippen LogP contribution in [-0.4, -0.2) is 55.7 Å². The van der Waals surface area contributed by atoms with Crippen LogP contribution in [-0.2, 0) is 11.3 Å². The highest BCUT2D eigenvalue weighted by atomic mass is 16.5. The van der Waals surface area contributed by atoms with Crippen molar-refractivity contribution < 1.29 is 4.74 Å². The molecule has 1 aromatic carbocycles. The van der Waals surface area contributed by atoms with Gasteiger partial charge in [0, 0.05) is 32.8 Å². The van der Waals surface area contributed by atoms with E-state index in [0.29, 0.717) is 6.04 Å². The molecule has 1 saturated carbocycles. The van der Waals surface area contributed by atoms with E-state index in [0.717, 1.165) is 31.5 Å². The summed E-state index contributed by atoms with van der Waals surface area (Å²) in [5.41, 5.74) is 3.03. The highest BCUT2D eigenvalue weighted by Crippen LogP contribution is 2.42. The van der Waals surface area contributed by atoms with E-state index in [4.69, 9.17) is 4.74 Å². The SMILES string of the molecule is COCCN(CC1CC(c2ccc(CN3CCCC3)cc2)C1)C(C)C. The third-order valence-corrected chi connectivity index (χ3v) is 6.10. The van der Waals surface area contributed by atoms with E-state index >= 15 is 0 Å². The number of benzene rings is 1. The Morgan fingerprint density at radius 3 is 2.40 bits per heavy atom. The maximum Gasteiger partial charge on any atom is 0.0589 e. The third-order valence-electron chi connectivity index (χ3n) is 6.10. The molecular formula is C22H36N2O. The van der Waals surface area contributed by atoms with Crippen LogP contribution in [0.5, 0.6) is 0 Å². The predicted molar refractivity (Wildman–Crippen MR) is 105 cm³/mol. The molecule has 0 amide bonds. The Morgan fingerprint density at radius 2 is 1.80 bits per heavy atom. The largest absolute Gasteiger partial charge is 0.383 e. The average Bonchev–Trinajstić information content (AvgIpc) is 3.07. The van der Waals surface area contributed by atoms with Gasteiger partial charge in [0.2, 0.25) is 0 Å². The summed E-state index contributed by atoms with van der Waals surface area (Å²) in [6.07, 6.45) is 5.45. The van der Waals surface area contributed by atoms with Crippen molar-refractivity contribution >= 4 is 0 Å². The van der Waals surface area contributed by atoms with Crippen LogP contribution in [0.25, 0.3) is 0 Å². The second kappa shape index (κ2) is 9.16. The molecule has 1 aliphatic carbocycles. The van der Waals surface area contributed by atoms with E-state index in [2.05, 4.69) is 47.9 Å². The summed E-state index contributed by atoms with van der Waals surface area (Å²) in [4.78, 5) is 5.15. The van der Waals surface area contributed by atoms with Crippen molar-refractivity contribution in [2.75, 3.05) is 39.9 Å². The first-order valence-electron chi connectivity index (χ1n) is 10.2. The average molecular weight is 345 g/mol. The number of ether oxygens (including phenoxy) is 1. The first-order chi connectivity index (χ1) is 12.2. The molecular weight excluding hydrogens is 308 g/mol. The second-order valence-corrected chi connectivity index (χ2v) is 8.34. The molecule has 0 atom stereocenters. The van der Waals surface area contributed by atoms with Gasteiger partial charge in [-0.15, -0.1) is 0 Å². The summed E-state index contributed by atoms with van der Waals surface area (Å²) in [6, 6.07) is 10.1. The van der Waals surface area contributed by atoms with E-state index in [1.807, 2.05) is 0 Å². The molecule has 0 spiro atoms. The molecule has 3 nitrogen and oxygen atoms in total. The molecule has 3 heteroatoms. The predicted octanol–water partition coefficient (Wildman–Crippen LogP) is 4.13. The number of methoxy groups -OCH3 is 1. The molecule has 0 aromatic heterocycles. The lowest BCUT2D eigenvalue weighted by Crippen LogP contribution is -2.41. The van der Waals surface area contributed by atoms with Gasteiger partial charge < -0.3 is 4.74 Å². The maximum absolute atomic E-state index is 5.26. The minimum atomic E-state index is 0.610. The molecule has 0 radical (unpaired) electrons. The second-order valence-electron chi connectivity index (χ2n) is 8.34. The fourth-order valence-electron chi connectivity index (χ4n) is 4.35. The number of rotatable bonds is 9. The van der Waals surface area contributed by atoms with E-state index < -0.39 is 0 Å². The summed E-state index contributed by atoms with van der Waals surface area (Å²) >= 11 is 0. The van der Waals surface area contributed by atoms with E-state index in [1.165, 1.54) is 50.9 Å². The van der Waals surface area contributed by atoms with Gasteiger partial charge in [0.1, 0.15) is 0 Å². The molecule has 0 bridgehead atoms. The summed E-state index contributed by atoms with van der Waals surface area (Å²) in [5.74, 6) is 1.64. The van der Waals surface area contributed by atoms with Gasteiger partial charge in [-0.2, -0.15) is 0 Å². The number of hydrogen-bond donors (Lipinski definition) is 0. The standard InChI is InChI=1S/C22H36N2O/c1-18(2)24(12-13-25-3)17-20-14-22(15-20)21-8-6-19(7-9-21)16-23-10-4-5-11-23/h6-9,18,20,22H,4-5,10-17H2,1-3H3. The van der Waals surface area contributed by atoms with Crippen molar-refractivity contribution in [3.8, 4) is 0 Å².